The monoisotopic (exact) mass is 269 g/mol. The van der Waals surface area contributed by atoms with Crippen LogP contribution in [0.2, 0.25) is 0 Å². The average molecular weight is 269 g/mol. The third-order valence-electron chi connectivity index (χ3n) is 4.62. The van der Waals surface area contributed by atoms with Gasteiger partial charge in [0.1, 0.15) is 5.60 Å². The lowest BCUT2D eigenvalue weighted by atomic mass is 9.77. The van der Waals surface area contributed by atoms with Gasteiger partial charge in [0.05, 0.1) is 24.3 Å². The molecular formula is C16H19N3O. The molecule has 20 heavy (non-hydrogen) atoms. The van der Waals surface area contributed by atoms with Crippen molar-refractivity contribution >= 4 is 0 Å². The molecule has 0 saturated carbocycles. The highest BCUT2D eigenvalue weighted by atomic mass is 16.3. The molecule has 0 saturated heterocycles. The summed E-state index contributed by atoms with van der Waals surface area (Å²) in [6.07, 6.45) is 11.3. The van der Waals surface area contributed by atoms with Crippen molar-refractivity contribution in [2.24, 2.45) is 11.8 Å². The van der Waals surface area contributed by atoms with Gasteiger partial charge in [-0.05, 0) is 31.8 Å². The summed E-state index contributed by atoms with van der Waals surface area (Å²) in [4.78, 5) is 4.21. The molecule has 4 nitrogen and oxygen atoms in total. The molecular weight excluding hydrogens is 250 g/mol. The number of fused-ring (bicyclic) bond motifs is 1. The van der Waals surface area contributed by atoms with E-state index in [1.165, 1.54) is 0 Å². The van der Waals surface area contributed by atoms with Crippen LogP contribution in [-0.2, 0) is 5.60 Å². The van der Waals surface area contributed by atoms with Gasteiger partial charge in [0, 0.05) is 17.5 Å². The van der Waals surface area contributed by atoms with Crippen LogP contribution in [0.1, 0.15) is 38.4 Å². The van der Waals surface area contributed by atoms with E-state index >= 15 is 0 Å². The molecule has 3 rings (SSSR count). The van der Waals surface area contributed by atoms with Crippen LogP contribution in [0.25, 0.3) is 0 Å². The first-order valence-electron chi connectivity index (χ1n) is 7.08. The molecule has 1 aromatic heterocycles. The third kappa shape index (κ3) is 1.99. The van der Waals surface area contributed by atoms with Crippen LogP contribution in [0.5, 0.6) is 0 Å². The zero-order chi connectivity index (χ0) is 14.3. The van der Waals surface area contributed by atoms with E-state index in [4.69, 9.17) is 5.26 Å². The molecule has 4 atom stereocenters. The van der Waals surface area contributed by atoms with Crippen molar-refractivity contribution in [2.75, 3.05) is 0 Å². The van der Waals surface area contributed by atoms with E-state index in [1.807, 2.05) is 25.4 Å². The van der Waals surface area contributed by atoms with E-state index in [9.17, 15) is 5.11 Å². The Balaban J connectivity index is 1.93. The first kappa shape index (κ1) is 13.1. The van der Waals surface area contributed by atoms with Crippen LogP contribution >= 0.6 is 0 Å². The fourth-order valence-electron chi connectivity index (χ4n) is 3.45. The van der Waals surface area contributed by atoms with Crippen LogP contribution in [-0.4, -0.2) is 14.7 Å². The van der Waals surface area contributed by atoms with Gasteiger partial charge >= 0.3 is 0 Å². The van der Waals surface area contributed by atoms with Crippen molar-refractivity contribution in [1.29, 1.82) is 5.26 Å². The Labute approximate surface area is 119 Å². The summed E-state index contributed by atoms with van der Waals surface area (Å²) in [6.45, 7) is 4.00. The maximum absolute atomic E-state index is 10.4. The Morgan fingerprint density at radius 3 is 3.05 bits per heavy atom. The van der Waals surface area contributed by atoms with Gasteiger partial charge in [0.25, 0.3) is 0 Å². The maximum atomic E-state index is 10.4. The van der Waals surface area contributed by atoms with Crippen molar-refractivity contribution in [2.45, 2.75) is 38.3 Å². The molecule has 1 aliphatic carbocycles. The van der Waals surface area contributed by atoms with Crippen LogP contribution < -0.4 is 0 Å². The van der Waals surface area contributed by atoms with Gasteiger partial charge in [-0.2, -0.15) is 5.26 Å². The SMILES string of the molecule is CC1C=C(C#N)C=CC1C1CCC(C)(O)c2cncn21. The highest BCUT2D eigenvalue weighted by Gasteiger charge is 2.38. The molecule has 0 bridgehead atoms. The number of rotatable bonds is 1. The minimum Gasteiger partial charge on any atom is -0.384 e. The molecule has 0 spiro atoms. The second kappa shape index (κ2) is 4.60. The molecule has 104 valence electrons. The Hall–Kier alpha value is -1.86. The summed E-state index contributed by atoms with van der Waals surface area (Å²) in [6, 6.07) is 2.50. The third-order valence-corrected chi connectivity index (χ3v) is 4.62. The predicted molar refractivity (Wildman–Crippen MR) is 75.6 cm³/mol. The second-order valence-corrected chi connectivity index (χ2v) is 6.10. The molecule has 0 fully saturated rings. The van der Waals surface area contributed by atoms with Crippen molar-refractivity contribution < 1.29 is 5.11 Å². The van der Waals surface area contributed by atoms with Crippen LogP contribution in [0.15, 0.2) is 36.3 Å². The van der Waals surface area contributed by atoms with E-state index < -0.39 is 5.60 Å². The van der Waals surface area contributed by atoms with Gasteiger partial charge in [0.15, 0.2) is 0 Å². The number of aliphatic hydroxyl groups is 1. The van der Waals surface area contributed by atoms with Crippen molar-refractivity contribution in [3.63, 3.8) is 0 Å². The topological polar surface area (TPSA) is 61.8 Å². The highest BCUT2D eigenvalue weighted by molar-refractivity contribution is 5.37. The number of hydrogen-bond acceptors (Lipinski definition) is 3. The van der Waals surface area contributed by atoms with E-state index in [0.717, 1.165) is 24.1 Å². The Bertz CT molecular complexity index is 618. The molecule has 2 aliphatic rings. The minimum absolute atomic E-state index is 0.301. The van der Waals surface area contributed by atoms with Crippen molar-refractivity contribution in [1.82, 2.24) is 9.55 Å². The molecule has 0 radical (unpaired) electrons. The summed E-state index contributed by atoms with van der Waals surface area (Å²) in [5.41, 5.74) is 0.842. The summed E-state index contributed by atoms with van der Waals surface area (Å²) in [5.74, 6) is 0.661. The number of hydrogen-bond donors (Lipinski definition) is 1. The van der Waals surface area contributed by atoms with Crippen molar-refractivity contribution in [3.05, 3.63) is 42.0 Å². The van der Waals surface area contributed by atoms with Crippen LogP contribution in [0, 0.1) is 23.2 Å². The van der Waals surface area contributed by atoms with Gasteiger partial charge < -0.3 is 9.67 Å². The molecule has 1 N–H and O–H groups in total. The second-order valence-electron chi connectivity index (χ2n) is 6.10. The Morgan fingerprint density at radius 1 is 1.55 bits per heavy atom. The normalized spacial score (nSPS) is 36.1. The zero-order valence-corrected chi connectivity index (χ0v) is 11.8. The van der Waals surface area contributed by atoms with Crippen LogP contribution in [0.3, 0.4) is 0 Å². The number of allylic oxidation sites excluding steroid dienone is 4. The van der Waals surface area contributed by atoms with Crippen LogP contribution in [0.4, 0.5) is 0 Å². The van der Waals surface area contributed by atoms with Gasteiger partial charge in [-0.1, -0.05) is 19.1 Å². The first-order chi connectivity index (χ1) is 9.53. The standard InChI is InChI=1S/C16H19N3O/c1-11-7-12(8-17)3-4-13(11)14-5-6-16(2,20)15-9-18-10-19(14)15/h3-4,7,9-11,13-14,20H,5-6H2,1-2H3. The molecule has 0 amide bonds. The lowest BCUT2D eigenvalue weighted by Crippen LogP contribution is -2.36. The predicted octanol–water partition coefficient (Wildman–Crippen LogP) is 2.70. The Kier molecular flexibility index (Phi) is 3.02. The van der Waals surface area contributed by atoms with Gasteiger partial charge in [-0.3, -0.25) is 0 Å². The van der Waals surface area contributed by atoms with E-state index in [2.05, 4.69) is 28.6 Å². The fraction of sp³-hybridized carbons (Fsp3) is 0.500. The largest absolute Gasteiger partial charge is 0.384 e. The molecule has 0 aromatic carbocycles. The highest BCUT2D eigenvalue weighted by Crippen LogP contribution is 2.43. The quantitative estimate of drug-likeness (QED) is 0.852. The average Bonchev–Trinajstić information content (AvgIpc) is 2.90. The summed E-state index contributed by atoms with van der Waals surface area (Å²) >= 11 is 0. The lowest BCUT2D eigenvalue weighted by molar-refractivity contribution is 0.0106. The summed E-state index contributed by atoms with van der Waals surface area (Å²) in [5, 5.41) is 19.4. The molecule has 4 heteroatoms. The number of aromatic nitrogens is 2. The first-order valence-corrected chi connectivity index (χ1v) is 7.08. The number of imidazole rings is 1. The molecule has 4 unspecified atom stereocenters. The summed E-state index contributed by atoms with van der Waals surface area (Å²) < 4.78 is 2.11. The zero-order valence-electron chi connectivity index (χ0n) is 11.8. The maximum Gasteiger partial charge on any atom is 0.103 e. The van der Waals surface area contributed by atoms with Gasteiger partial charge in [-0.25, -0.2) is 4.98 Å². The fourth-order valence-corrected chi connectivity index (χ4v) is 3.45. The van der Waals surface area contributed by atoms with E-state index in [1.54, 1.807) is 6.20 Å². The number of nitrogens with zero attached hydrogens (tertiary/aromatic N) is 3. The van der Waals surface area contributed by atoms with Gasteiger partial charge in [0.2, 0.25) is 0 Å². The Morgan fingerprint density at radius 2 is 2.35 bits per heavy atom. The van der Waals surface area contributed by atoms with E-state index in [-0.39, 0.29) is 0 Å². The summed E-state index contributed by atoms with van der Waals surface area (Å²) in [7, 11) is 0. The molecule has 1 aromatic rings. The molecule has 2 heterocycles. The van der Waals surface area contributed by atoms with Crippen molar-refractivity contribution in [3.8, 4) is 6.07 Å². The minimum atomic E-state index is -0.789. The van der Waals surface area contributed by atoms with Gasteiger partial charge in [-0.15, -0.1) is 0 Å². The lowest BCUT2D eigenvalue weighted by Gasteiger charge is -2.40. The smallest absolute Gasteiger partial charge is 0.103 e. The molecule has 1 aliphatic heterocycles. The van der Waals surface area contributed by atoms with E-state index in [0.29, 0.717) is 17.9 Å². The number of nitriles is 1.